The SMILES string of the molecule is Cc1cccc(N2C(=O)NC(=O)/C(=C\c3cn(CCSc4ccc(Cl)cc4)c4ccccc34)C2=O)c1C. The first kappa shape index (κ1) is 24.9. The summed E-state index contributed by atoms with van der Waals surface area (Å²) in [5.74, 6) is -0.519. The lowest BCUT2D eigenvalue weighted by Gasteiger charge is -2.28. The summed E-state index contributed by atoms with van der Waals surface area (Å²) in [6.07, 6.45) is 3.52. The van der Waals surface area contributed by atoms with Crippen LogP contribution in [0.15, 0.2) is 83.4 Å². The number of amides is 4. The number of nitrogens with zero attached hydrogens (tertiary/aromatic N) is 2. The van der Waals surface area contributed by atoms with Crippen molar-refractivity contribution in [2.75, 3.05) is 10.7 Å². The number of rotatable bonds is 6. The summed E-state index contributed by atoms with van der Waals surface area (Å²) in [4.78, 5) is 41.1. The highest BCUT2D eigenvalue weighted by Gasteiger charge is 2.37. The number of aryl methyl sites for hydroxylation is 2. The van der Waals surface area contributed by atoms with Crippen LogP contribution in [0.4, 0.5) is 10.5 Å². The molecule has 2 heterocycles. The molecule has 5 rings (SSSR count). The van der Waals surface area contributed by atoms with Crippen molar-refractivity contribution >= 4 is 63.9 Å². The maximum absolute atomic E-state index is 13.5. The Bertz CT molecular complexity index is 1570. The number of fused-ring (bicyclic) bond motifs is 1. The number of benzene rings is 3. The van der Waals surface area contributed by atoms with Gasteiger partial charge in [0.1, 0.15) is 5.57 Å². The van der Waals surface area contributed by atoms with E-state index in [0.29, 0.717) is 10.7 Å². The van der Waals surface area contributed by atoms with E-state index >= 15 is 0 Å². The summed E-state index contributed by atoms with van der Waals surface area (Å²) < 4.78 is 2.11. The van der Waals surface area contributed by atoms with Crippen LogP contribution in [0.1, 0.15) is 16.7 Å². The van der Waals surface area contributed by atoms with E-state index in [1.807, 2.05) is 74.6 Å². The van der Waals surface area contributed by atoms with Gasteiger partial charge in [0.05, 0.1) is 5.69 Å². The lowest BCUT2D eigenvalue weighted by molar-refractivity contribution is -0.122. The van der Waals surface area contributed by atoms with Crippen molar-refractivity contribution in [1.29, 1.82) is 0 Å². The number of carbonyl (C=O) groups excluding carboxylic acids is 3. The second kappa shape index (κ2) is 10.3. The van der Waals surface area contributed by atoms with Crippen LogP contribution in [0, 0.1) is 13.8 Å². The topological polar surface area (TPSA) is 71.4 Å². The molecular formula is C29H24ClN3O3S. The van der Waals surface area contributed by atoms with Crippen LogP contribution in [0.2, 0.25) is 5.02 Å². The summed E-state index contributed by atoms with van der Waals surface area (Å²) in [6.45, 7) is 4.48. The summed E-state index contributed by atoms with van der Waals surface area (Å²) in [6, 6.07) is 20.2. The lowest BCUT2D eigenvalue weighted by Crippen LogP contribution is -2.54. The first-order valence-corrected chi connectivity index (χ1v) is 13.1. The van der Waals surface area contributed by atoms with Gasteiger partial charge in [0, 0.05) is 44.9 Å². The highest BCUT2D eigenvalue weighted by Crippen LogP contribution is 2.29. The van der Waals surface area contributed by atoms with Gasteiger partial charge >= 0.3 is 6.03 Å². The van der Waals surface area contributed by atoms with Gasteiger partial charge in [-0.15, -0.1) is 11.8 Å². The fourth-order valence-electron chi connectivity index (χ4n) is 4.38. The predicted molar refractivity (Wildman–Crippen MR) is 149 cm³/mol. The van der Waals surface area contributed by atoms with Crippen LogP contribution >= 0.6 is 23.4 Å². The molecule has 1 N–H and O–H groups in total. The van der Waals surface area contributed by atoms with E-state index in [-0.39, 0.29) is 5.57 Å². The van der Waals surface area contributed by atoms with Crippen molar-refractivity contribution in [1.82, 2.24) is 9.88 Å². The number of aromatic nitrogens is 1. The third-order valence-corrected chi connectivity index (χ3v) is 7.70. The molecule has 4 amide bonds. The summed E-state index contributed by atoms with van der Waals surface area (Å²) in [7, 11) is 0. The number of thioether (sulfide) groups is 1. The van der Waals surface area contributed by atoms with Gasteiger partial charge in [-0.3, -0.25) is 14.9 Å². The zero-order valence-corrected chi connectivity index (χ0v) is 21.9. The number of barbiturate groups is 1. The normalized spacial score (nSPS) is 15.1. The van der Waals surface area contributed by atoms with Crippen LogP contribution in [0.25, 0.3) is 17.0 Å². The molecule has 1 aromatic heterocycles. The van der Waals surface area contributed by atoms with Crippen molar-refractivity contribution in [3.8, 4) is 0 Å². The Kier molecular flexibility index (Phi) is 6.91. The Morgan fingerprint density at radius 1 is 0.946 bits per heavy atom. The minimum atomic E-state index is -0.748. The lowest BCUT2D eigenvalue weighted by atomic mass is 10.0. The molecule has 4 aromatic rings. The summed E-state index contributed by atoms with van der Waals surface area (Å²) in [5.41, 5.74) is 3.86. The van der Waals surface area contributed by atoms with Crippen molar-refractivity contribution in [3.05, 3.63) is 100 Å². The Balaban J connectivity index is 1.46. The molecule has 3 aromatic carbocycles. The van der Waals surface area contributed by atoms with Gasteiger partial charge < -0.3 is 4.57 Å². The highest BCUT2D eigenvalue weighted by atomic mass is 35.5. The van der Waals surface area contributed by atoms with E-state index in [4.69, 9.17) is 11.6 Å². The monoisotopic (exact) mass is 529 g/mol. The summed E-state index contributed by atoms with van der Waals surface area (Å²) in [5, 5.41) is 3.95. The molecule has 0 bridgehead atoms. The van der Waals surface area contributed by atoms with E-state index in [1.165, 1.54) is 0 Å². The number of urea groups is 1. The third-order valence-electron chi connectivity index (χ3n) is 6.45. The van der Waals surface area contributed by atoms with Crippen molar-refractivity contribution in [2.45, 2.75) is 25.3 Å². The van der Waals surface area contributed by atoms with Crippen molar-refractivity contribution < 1.29 is 14.4 Å². The maximum Gasteiger partial charge on any atom is 0.335 e. The fourth-order valence-corrected chi connectivity index (χ4v) is 5.36. The van der Waals surface area contributed by atoms with Gasteiger partial charge in [-0.05, 0) is 67.4 Å². The zero-order chi connectivity index (χ0) is 26.1. The summed E-state index contributed by atoms with van der Waals surface area (Å²) >= 11 is 7.71. The second-order valence-corrected chi connectivity index (χ2v) is 10.4. The Labute approximate surface area is 223 Å². The molecule has 0 radical (unpaired) electrons. The number of halogens is 1. The number of hydrogen-bond acceptors (Lipinski definition) is 4. The molecular weight excluding hydrogens is 506 g/mol. The number of nitrogens with one attached hydrogen (secondary N) is 1. The van der Waals surface area contributed by atoms with Gasteiger partial charge in [0.25, 0.3) is 11.8 Å². The minimum Gasteiger partial charge on any atom is -0.346 e. The number of imide groups is 2. The van der Waals surface area contributed by atoms with E-state index in [2.05, 4.69) is 9.88 Å². The molecule has 1 aliphatic heterocycles. The number of para-hydroxylation sites is 1. The first-order chi connectivity index (χ1) is 17.8. The van der Waals surface area contributed by atoms with Gasteiger partial charge in [-0.2, -0.15) is 0 Å². The molecule has 1 aliphatic rings. The van der Waals surface area contributed by atoms with Crippen LogP contribution in [0.5, 0.6) is 0 Å². The predicted octanol–water partition coefficient (Wildman–Crippen LogP) is 6.37. The zero-order valence-electron chi connectivity index (χ0n) is 20.3. The second-order valence-electron chi connectivity index (χ2n) is 8.77. The molecule has 6 nitrogen and oxygen atoms in total. The van der Waals surface area contributed by atoms with Crippen molar-refractivity contribution in [2.24, 2.45) is 0 Å². The fraction of sp³-hybridized carbons (Fsp3) is 0.138. The van der Waals surface area contributed by atoms with Gasteiger partial charge in [0.2, 0.25) is 0 Å². The Morgan fingerprint density at radius 3 is 2.49 bits per heavy atom. The van der Waals surface area contributed by atoms with Crippen LogP contribution in [-0.2, 0) is 16.1 Å². The van der Waals surface area contributed by atoms with Crippen LogP contribution in [0.3, 0.4) is 0 Å². The molecule has 8 heteroatoms. The Morgan fingerprint density at radius 2 is 1.70 bits per heavy atom. The van der Waals surface area contributed by atoms with E-state index in [0.717, 1.165) is 49.7 Å². The van der Waals surface area contributed by atoms with Gasteiger partial charge in [-0.1, -0.05) is 41.9 Å². The minimum absolute atomic E-state index is 0.0843. The Hall–Kier alpha value is -3.81. The van der Waals surface area contributed by atoms with Crippen molar-refractivity contribution in [3.63, 3.8) is 0 Å². The van der Waals surface area contributed by atoms with E-state index in [9.17, 15) is 14.4 Å². The molecule has 0 aliphatic carbocycles. The molecule has 186 valence electrons. The number of anilines is 1. The average Bonchev–Trinajstić information content (AvgIpc) is 3.23. The average molecular weight is 530 g/mol. The quantitative estimate of drug-likeness (QED) is 0.179. The van der Waals surface area contributed by atoms with Gasteiger partial charge in [0.15, 0.2) is 0 Å². The standard InChI is InChI=1S/C29H24ClN3O3S/c1-18-6-5-9-25(19(18)2)33-28(35)24(27(34)31-29(33)36)16-20-17-32(26-8-4-3-7-23(20)26)14-15-37-22-12-10-21(30)11-13-22/h3-13,16-17H,14-15H2,1-2H3,(H,31,34,36)/b24-16+. The van der Waals surface area contributed by atoms with E-state index < -0.39 is 17.8 Å². The highest BCUT2D eigenvalue weighted by molar-refractivity contribution is 7.99. The molecule has 0 atom stereocenters. The molecule has 0 unspecified atom stereocenters. The van der Waals surface area contributed by atoms with Gasteiger partial charge in [-0.25, -0.2) is 9.69 Å². The number of carbonyl (C=O) groups is 3. The smallest absolute Gasteiger partial charge is 0.335 e. The largest absolute Gasteiger partial charge is 0.346 e. The first-order valence-electron chi connectivity index (χ1n) is 11.8. The molecule has 1 fully saturated rings. The molecule has 0 spiro atoms. The molecule has 37 heavy (non-hydrogen) atoms. The van der Waals surface area contributed by atoms with E-state index in [1.54, 1.807) is 30.0 Å². The maximum atomic E-state index is 13.5. The number of hydrogen-bond donors (Lipinski definition) is 1. The third kappa shape index (κ3) is 4.92. The molecule has 1 saturated heterocycles. The van der Waals surface area contributed by atoms with Crippen LogP contribution in [-0.4, -0.2) is 28.2 Å². The van der Waals surface area contributed by atoms with Crippen LogP contribution < -0.4 is 10.2 Å². The molecule has 0 saturated carbocycles.